The number of nitro groups is 1. The van der Waals surface area contributed by atoms with Gasteiger partial charge in [-0.3, -0.25) is 14.9 Å². The fourth-order valence-electron chi connectivity index (χ4n) is 1.82. The van der Waals surface area contributed by atoms with E-state index in [-0.39, 0.29) is 11.3 Å². The number of halogens is 2. The Morgan fingerprint density at radius 3 is 2.20 bits per heavy atom. The average Bonchev–Trinajstić information content (AvgIpc) is 2.38. The van der Waals surface area contributed by atoms with Crippen LogP contribution in [0.1, 0.15) is 17.3 Å². The van der Waals surface area contributed by atoms with Crippen molar-refractivity contribution in [1.29, 1.82) is 0 Å². The molecule has 0 bridgehead atoms. The number of rotatable bonds is 3. The van der Waals surface area contributed by atoms with Crippen LogP contribution in [-0.4, -0.2) is 10.7 Å². The summed E-state index contributed by atoms with van der Waals surface area (Å²) < 4.78 is 27.7. The summed E-state index contributed by atoms with van der Waals surface area (Å²) in [6.45, 7) is 1.36. The van der Waals surface area contributed by atoms with Gasteiger partial charge in [-0.2, -0.15) is 4.39 Å². The number of benzene rings is 2. The Kier molecular flexibility index (Phi) is 3.56. The molecule has 4 nitrogen and oxygen atoms in total. The highest BCUT2D eigenvalue weighted by Gasteiger charge is 2.22. The highest BCUT2D eigenvalue weighted by atomic mass is 19.1. The molecule has 2 aromatic rings. The molecule has 0 unspecified atom stereocenters. The Labute approximate surface area is 112 Å². The molecule has 0 aliphatic heterocycles. The number of ketones is 1. The van der Waals surface area contributed by atoms with Crippen LogP contribution >= 0.6 is 0 Å². The minimum absolute atomic E-state index is 0.133. The lowest BCUT2D eigenvalue weighted by Gasteiger charge is -2.06. The lowest BCUT2D eigenvalue weighted by Crippen LogP contribution is -1.98. The van der Waals surface area contributed by atoms with Crippen LogP contribution in [0.25, 0.3) is 11.1 Å². The Balaban J connectivity index is 2.60. The van der Waals surface area contributed by atoms with E-state index in [1.165, 1.54) is 31.2 Å². The molecule has 0 spiro atoms. The van der Waals surface area contributed by atoms with E-state index in [4.69, 9.17) is 0 Å². The van der Waals surface area contributed by atoms with E-state index in [1.807, 2.05) is 0 Å². The molecule has 0 saturated heterocycles. The molecule has 0 fully saturated rings. The SMILES string of the molecule is CC(=O)c1ccc(-c2c(F)ccc([N+](=O)[O-])c2F)cc1. The third-order valence-electron chi connectivity index (χ3n) is 2.85. The van der Waals surface area contributed by atoms with E-state index < -0.39 is 27.8 Å². The number of hydrogen-bond acceptors (Lipinski definition) is 3. The predicted molar refractivity (Wildman–Crippen MR) is 68.5 cm³/mol. The Morgan fingerprint density at radius 2 is 1.70 bits per heavy atom. The second-order valence-electron chi connectivity index (χ2n) is 4.15. The van der Waals surface area contributed by atoms with E-state index in [0.717, 1.165) is 12.1 Å². The van der Waals surface area contributed by atoms with Gasteiger partial charge in [0.1, 0.15) is 5.82 Å². The monoisotopic (exact) mass is 277 g/mol. The quantitative estimate of drug-likeness (QED) is 0.487. The summed E-state index contributed by atoms with van der Waals surface area (Å²) in [5, 5.41) is 10.7. The van der Waals surface area contributed by atoms with E-state index in [9.17, 15) is 23.7 Å². The molecular weight excluding hydrogens is 268 g/mol. The van der Waals surface area contributed by atoms with Crippen LogP contribution in [0.2, 0.25) is 0 Å². The summed E-state index contributed by atoms with van der Waals surface area (Å²) in [5.74, 6) is -2.31. The zero-order valence-corrected chi connectivity index (χ0v) is 10.4. The molecule has 0 aliphatic carbocycles. The molecule has 102 valence electrons. The third kappa shape index (κ3) is 2.40. The van der Waals surface area contributed by atoms with E-state index >= 15 is 0 Å². The zero-order valence-electron chi connectivity index (χ0n) is 10.4. The first kappa shape index (κ1) is 13.8. The standard InChI is InChI=1S/C14H9F2NO3/c1-8(18)9-2-4-10(5-3-9)13-11(15)6-7-12(14(13)16)17(19)20/h2-7H,1H3. The minimum Gasteiger partial charge on any atom is -0.295 e. The largest absolute Gasteiger partial charge is 0.305 e. The molecule has 0 saturated carbocycles. The molecule has 0 amide bonds. The number of nitrogens with zero attached hydrogens (tertiary/aromatic N) is 1. The van der Waals surface area contributed by atoms with Crippen LogP contribution in [0.5, 0.6) is 0 Å². The number of hydrogen-bond donors (Lipinski definition) is 0. The van der Waals surface area contributed by atoms with E-state index in [1.54, 1.807) is 0 Å². The van der Waals surface area contributed by atoms with E-state index in [2.05, 4.69) is 0 Å². The van der Waals surface area contributed by atoms with Gasteiger partial charge >= 0.3 is 5.69 Å². The van der Waals surface area contributed by atoms with Crippen LogP contribution in [0.4, 0.5) is 14.5 Å². The van der Waals surface area contributed by atoms with Crippen molar-refractivity contribution in [3.8, 4) is 11.1 Å². The first-order valence-electron chi connectivity index (χ1n) is 5.65. The van der Waals surface area contributed by atoms with Crippen LogP contribution in [0.15, 0.2) is 36.4 Å². The van der Waals surface area contributed by atoms with Gasteiger partial charge in [0.15, 0.2) is 5.78 Å². The van der Waals surface area contributed by atoms with Crippen LogP contribution in [0.3, 0.4) is 0 Å². The molecule has 6 heteroatoms. The maximum atomic E-state index is 14.0. The molecule has 2 aromatic carbocycles. The zero-order chi connectivity index (χ0) is 14.9. The van der Waals surface area contributed by atoms with Crippen molar-refractivity contribution in [1.82, 2.24) is 0 Å². The maximum absolute atomic E-state index is 14.0. The molecule has 0 N–H and O–H groups in total. The van der Waals surface area contributed by atoms with Gasteiger partial charge in [-0.25, -0.2) is 4.39 Å². The molecule has 0 aliphatic rings. The molecule has 0 radical (unpaired) electrons. The summed E-state index contributed by atoms with van der Waals surface area (Å²) >= 11 is 0. The molecule has 0 heterocycles. The van der Waals surface area contributed by atoms with E-state index in [0.29, 0.717) is 5.56 Å². The molecule has 2 rings (SSSR count). The Morgan fingerprint density at radius 1 is 1.10 bits per heavy atom. The van der Waals surface area contributed by atoms with Gasteiger partial charge in [-0.05, 0) is 18.6 Å². The topological polar surface area (TPSA) is 60.2 Å². The highest BCUT2D eigenvalue weighted by Crippen LogP contribution is 2.31. The van der Waals surface area contributed by atoms with Gasteiger partial charge in [0.2, 0.25) is 5.82 Å². The summed E-state index contributed by atoms with van der Waals surface area (Å²) in [7, 11) is 0. The predicted octanol–water partition coefficient (Wildman–Crippen LogP) is 3.74. The highest BCUT2D eigenvalue weighted by molar-refractivity contribution is 5.94. The summed E-state index contributed by atoms with van der Waals surface area (Å²) in [6.07, 6.45) is 0. The third-order valence-corrected chi connectivity index (χ3v) is 2.85. The van der Waals surface area contributed by atoms with Gasteiger partial charge in [-0.1, -0.05) is 24.3 Å². The first-order chi connectivity index (χ1) is 9.41. The molecule has 0 aromatic heterocycles. The Hall–Kier alpha value is -2.63. The fourth-order valence-corrected chi connectivity index (χ4v) is 1.82. The van der Waals surface area contributed by atoms with Crippen LogP contribution < -0.4 is 0 Å². The van der Waals surface area contributed by atoms with Crippen molar-refractivity contribution < 1.29 is 18.5 Å². The summed E-state index contributed by atoms with van der Waals surface area (Å²) in [4.78, 5) is 20.9. The maximum Gasteiger partial charge on any atom is 0.305 e. The van der Waals surface area contributed by atoms with Crippen LogP contribution in [0, 0.1) is 21.7 Å². The Bertz CT molecular complexity index is 696. The van der Waals surface area contributed by atoms with Crippen molar-refractivity contribution in [3.05, 3.63) is 63.7 Å². The van der Waals surface area contributed by atoms with Gasteiger partial charge in [0, 0.05) is 11.6 Å². The van der Waals surface area contributed by atoms with Crippen LogP contribution in [-0.2, 0) is 0 Å². The summed E-state index contributed by atoms with van der Waals surface area (Å²) in [6, 6.07) is 7.14. The van der Waals surface area contributed by atoms with Gasteiger partial charge in [0.25, 0.3) is 0 Å². The lowest BCUT2D eigenvalue weighted by atomic mass is 10.0. The van der Waals surface area contributed by atoms with Gasteiger partial charge in [0.05, 0.1) is 10.5 Å². The van der Waals surface area contributed by atoms with Crippen molar-refractivity contribution >= 4 is 11.5 Å². The number of carbonyl (C=O) groups is 1. The van der Waals surface area contributed by atoms with Crippen molar-refractivity contribution in [2.75, 3.05) is 0 Å². The number of Topliss-reactive ketones (excluding diaryl/α,β-unsaturated/α-hetero) is 1. The summed E-state index contributed by atoms with van der Waals surface area (Å²) in [5.41, 5.74) is -0.750. The smallest absolute Gasteiger partial charge is 0.295 e. The van der Waals surface area contributed by atoms with Crippen molar-refractivity contribution in [3.63, 3.8) is 0 Å². The normalized spacial score (nSPS) is 10.3. The molecular formula is C14H9F2NO3. The number of carbonyl (C=O) groups excluding carboxylic acids is 1. The molecule has 0 atom stereocenters. The minimum atomic E-state index is -1.23. The fraction of sp³-hybridized carbons (Fsp3) is 0.0714. The van der Waals surface area contributed by atoms with Gasteiger partial charge < -0.3 is 0 Å². The second-order valence-corrected chi connectivity index (χ2v) is 4.15. The van der Waals surface area contributed by atoms with Crippen molar-refractivity contribution in [2.45, 2.75) is 6.92 Å². The molecule has 20 heavy (non-hydrogen) atoms. The average molecular weight is 277 g/mol. The van der Waals surface area contributed by atoms with Crippen molar-refractivity contribution in [2.24, 2.45) is 0 Å². The first-order valence-corrected chi connectivity index (χ1v) is 5.65. The van der Waals surface area contributed by atoms with Gasteiger partial charge in [-0.15, -0.1) is 0 Å². The second kappa shape index (κ2) is 5.16. The lowest BCUT2D eigenvalue weighted by molar-refractivity contribution is -0.387. The number of nitro benzene ring substituents is 1.